The Bertz CT molecular complexity index is 1860. The number of aromatic nitrogens is 2. The summed E-state index contributed by atoms with van der Waals surface area (Å²) in [7, 11) is 0. The topological polar surface area (TPSA) is 74.8 Å². The molecule has 7 nitrogen and oxygen atoms in total. The predicted octanol–water partition coefficient (Wildman–Crippen LogP) is 5.56. The number of fused-ring (bicyclic) bond motifs is 1. The molecule has 1 atom stereocenters. The summed E-state index contributed by atoms with van der Waals surface area (Å²) in [5, 5.41) is 0. The number of thiazole rings is 1. The Hall–Kier alpha value is -4.17. The quantitative estimate of drug-likeness (QED) is 0.255. The summed E-state index contributed by atoms with van der Waals surface area (Å²) in [6, 6.07) is 17.5. The molecule has 1 aliphatic rings. The van der Waals surface area contributed by atoms with Gasteiger partial charge < -0.3 is 14.0 Å². The van der Waals surface area contributed by atoms with Crippen molar-refractivity contribution in [1.29, 1.82) is 0 Å². The zero-order chi connectivity index (χ0) is 30.1. The number of carbonyl (C=O) groups is 1. The fraction of sp³-hybridized carbons (Fsp3) is 0.324. The third kappa shape index (κ3) is 5.39. The molecule has 0 saturated heterocycles. The van der Waals surface area contributed by atoms with Crippen LogP contribution in [0.3, 0.4) is 0 Å². The van der Waals surface area contributed by atoms with Gasteiger partial charge in [-0.3, -0.25) is 9.36 Å². The molecule has 0 N–H and O–H groups in total. The maximum Gasteiger partial charge on any atom is 0.338 e. The van der Waals surface area contributed by atoms with Crippen LogP contribution >= 0.6 is 11.3 Å². The average molecular weight is 584 g/mol. The highest BCUT2D eigenvalue weighted by atomic mass is 32.1. The molecule has 0 spiro atoms. The van der Waals surface area contributed by atoms with E-state index in [4.69, 9.17) is 14.5 Å². The molecule has 0 radical (unpaired) electrons. The van der Waals surface area contributed by atoms with Crippen LogP contribution in [0.25, 0.3) is 11.8 Å². The largest absolute Gasteiger partial charge is 0.491 e. The highest BCUT2D eigenvalue weighted by Gasteiger charge is 2.35. The Kier molecular flexibility index (Phi) is 8.36. The van der Waals surface area contributed by atoms with E-state index < -0.39 is 12.0 Å². The van der Waals surface area contributed by atoms with E-state index in [1.807, 2.05) is 44.2 Å². The molecule has 218 valence electrons. The Labute approximate surface area is 250 Å². The number of esters is 1. The second-order valence-electron chi connectivity index (χ2n) is 10.7. The Balaban J connectivity index is 1.69. The van der Waals surface area contributed by atoms with Gasteiger partial charge in [-0.15, -0.1) is 0 Å². The van der Waals surface area contributed by atoms with Crippen LogP contribution in [0, 0.1) is 13.8 Å². The van der Waals surface area contributed by atoms with Crippen LogP contribution in [0.4, 0.5) is 0 Å². The first-order valence-electron chi connectivity index (χ1n) is 14.4. The summed E-state index contributed by atoms with van der Waals surface area (Å²) in [6.07, 6.45) is 2.83. The van der Waals surface area contributed by atoms with Gasteiger partial charge in [0.15, 0.2) is 4.80 Å². The number of para-hydroxylation sites is 1. The van der Waals surface area contributed by atoms with Gasteiger partial charge in [-0.1, -0.05) is 48.6 Å². The van der Waals surface area contributed by atoms with Crippen molar-refractivity contribution in [2.75, 3.05) is 6.61 Å². The highest BCUT2D eigenvalue weighted by Crippen LogP contribution is 2.36. The van der Waals surface area contributed by atoms with Gasteiger partial charge >= 0.3 is 5.97 Å². The van der Waals surface area contributed by atoms with Crippen molar-refractivity contribution in [1.82, 2.24) is 9.13 Å². The molecule has 3 heterocycles. The molecule has 4 aromatic rings. The van der Waals surface area contributed by atoms with Gasteiger partial charge in [-0.2, -0.15) is 0 Å². The average Bonchev–Trinajstić information content (AvgIpc) is 3.41. The summed E-state index contributed by atoms with van der Waals surface area (Å²) < 4.78 is 15.9. The molecule has 2 aromatic carbocycles. The van der Waals surface area contributed by atoms with Crippen LogP contribution in [-0.4, -0.2) is 27.8 Å². The predicted molar refractivity (Wildman–Crippen MR) is 167 cm³/mol. The molecule has 0 fully saturated rings. The van der Waals surface area contributed by atoms with E-state index >= 15 is 0 Å². The van der Waals surface area contributed by atoms with Gasteiger partial charge in [0.05, 0.1) is 28.5 Å². The second kappa shape index (κ2) is 12.0. The molecule has 0 bridgehead atoms. The number of aryl methyl sites for hydroxylation is 2. The fourth-order valence-electron chi connectivity index (χ4n) is 5.51. The lowest BCUT2D eigenvalue weighted by Gasteiger charge is -2.26. The van der Waals surface area contributed by atoms with Crippen LogP contribution in [-0.2, 0) is 16.0 Å². The summed E-state index contributed by atoms with van der Waals surface area (Å²) in [5.74, 6) is 0.122. The Morgan fingerprint density at radius 1 is 1.07 bits per heavy atom. The van der Waals surface area contributed by atoms with E-state index in [0.29, 0.717) is 31.9 Å². The molecule has 42 heavy (non-hydrogen) atoms. The van der Waals surface area contributed by atoms with Crippen LogP contribution in [0.2, 0.25) is 0 Å². The lowest BCUT2D eigenvalue weighted by Crippen LogP contribution is -2.40. The summed E-state index contributed by atoms with van der Waals surface area (Å²) in [6.45, 7) is 14.0. The first-order chi connectivity index (χ1) is 20.1. The van der Waals surface area contributed by atoms with Crippen LogP contribution in [0.1, 0.15) is 68.7 Å². The van der Waals surface area contributed by atoms with Gasteiger partial charge in [0, 0.05) is 22.6 Å². The van der Waals surface area contributed by atoms with Crippen LogP contribution in [0.15, 0.2) is 75.7 Å². The zero-order valence-electron chi connectivity index (χ0n) is 25.2. The molecule has 0 aliphatic carbocycles. The number of rotatable bonds is 8. The van der Waals surface area contributed by atoms with Crippen LogP contribution in [0.5, 0.6) is 5.75 Å². The van der Waals surface area contributed by atoms with Crippen molar-refractivity contribution < 1.29 is 14.3 Å². The molecule has 8 heteroatoms. The molecular formula is C34H37N3O4S. The van der Waals surface area contributed by atoms with Crippen molar-refractivity contribution in [3.63, 3.8) is 0 Å². The summed E-state index contributed by atoms with van der Waals surface area (Å²) in [5.41, 5.74) is 6.81. The normalized spacial score (nSPS) is 15.1. The summed E-state index contributed by atoms with van der Waals surface area (Å²) in [4.78, 5) is 32.7. The van der Waals surface area contributed by atoms with E-state index in [1.165, 1.54) is 16.9 Å². The fourth-order valence-corrected chi connectivity index (χ4v) is 6.54. The van der Waals surface area contributed by atoms with Gasteiger partial charge in [0.1, 0.15) is 11.8 Å². The minimum Gasteiger partial charge on any atom is -0.491 e. The summed E-state index contributed by atoms with van der Waals surface area (Å²) >= 11 is 1.32. The monoisotopic (exact) mass is 583 g/mol. The minimum atomic E-state index is -0.734. The lowest BCUT2D eigenvalue weighted by molar-refractivity contribution is -0.139. The van der Waals surface area contributed by atoms with Crippen molar-refractivity contribution >= 4 is 23.4 Å². The number of nitrogens with zero attached hydrogens (tertiary/aromatic N) is 3. The zero-order valence-corrected chi connectivity index (χ0v) is 26.0. The highest BCUT2D eigenvalue weighted by molar-refractivity contribution is 7.07. The molecule has 5 rings (SSSR count). The maximum absolute atomic E-state index is 14.2. The third-order valence-corrected chi connectivity index (χ3v) is 8.44. The van der Waals surface area contributed by atoms with Gasteiger partial charge in [0.25, 0.3) is 5.56 Å². The number of hydrogen-bond donors (Lipinski definition) is 0. The maximum atomic E-state index is 14.2. The van der Waals surface area contributed by atoms with Crippen molar-refractivity contribution in [3.8, 4) is 11.4 Å². The lowest BCUT2D eigenvalue weighted by atomic mass is 9.95. The Morgan fingerprint density at radius 3 is 2.45 bits per heavy atom. The number of carbonyl (C=O) groups excluding carboxylic acids is 1. The first-order valence-corrected chi connectivity index (χ1v) is 15.2. The molecule has 0 saturated carbocycles. The first kappa shape index (κ1) is 29.3. The molecule has 2 aromatic heterocycles. The molecule has 0 unspecified atom stereocenters. The van der Waals surface area contributed by atoms with Gasteiger partial charge in [-0.05, 0) is 89.4 Å². The second-order valence-corrected chi connectivity index (χ2v) is 11.7. The van der Waals surface area contributed by atoms with E-state index in [0.717, 1.165) is 29.1 Å². The molecule has 1 aliphatic heterocycles. The standard InChI is InChI=1S/C34H37N3O4S/c1-8-24-14-16-26(17-15-24)36-21(5)18-25(23(36)7)19-29-32(38)37-31(27-12-10-11-13-28(27)41-20(3)4)30(33(39)40-9-2)22(6)35-34(37)42-29/h10-20,31H,8-9H2,1-7H3/b29-19+/t31-/m0/s1. The van der Waals surface area contributed by atoms with Gasteiger partial charge in [-0.25, -0.2) is 9.79 Å². The third-order valence-electron chi connectivity index (χ3n) is 7.45. The molecule has 0 amide bonds. The number of hydrogen-bond acceptors (Lipinski definition) is 6. The SMILES string of the molecule is CCOC(=O)C1=C(C)N=c2s/c(=C/c3cc(C)n(-c4ccc(CC)cc4)c3C)c(=O)n2[C@H]1c1ccccc1OC(C)C. The minimum absolute atomic E-state index is 0.0912. The van der Waals surface area contributed by atoms with E-state index in [1.54, 1.807) is 18.4 Å². The number of benzene rings is 2. The van der Waals surface area contributed by atoms with E-state index in [2.05, 4.69) is 55.7 Å². The number of ether oxygens (including phenoxy) is 2. The van der Waals surface area contributed by atoms with Crippen LogP contribution < -0.4 is 19.6 Å². The van der Waals surface area contributed by atoms with Crippen molar-refractivity contribution in [3.05, 3.63) is 114 Å². The van der Waals surface area contributed by atoms with E-state index in [-0.39, 0.29) is 18.3 Å². The molecular weight excluding hydrogens is 546 g/mol. The van der Waals surface area contributed by atoms with Crippen molar-refractivity contribution in [2.45, 2.75) is 67.0 Å². The van der Waals surface area contributed by atoms with E-state index in [9.17, 15) is 9.59 Å². The number of allylic oxidation sites excluding steroid dienone is 1. The van der Waals surface area contributed by atoms with Crippen molar-refractivity contribution in [2.24, 2.45) is 4.99 Å². The van der Waals surface area contributed by atoms with Gasteiger partial charge in [0.2, 0.25) is 0 Å². The Morgan fingerprint density at radius 2 is 1.79 bits per heavy atom. The smallest absolute Gasteiger partial charge is 0.338 e.